The smallest absolute Gasteiger partial charge is 0.0428 e. The molecule has 1 heterocycles. The van der Waals surface area contributed by atoms with Crippen molar-refractivity contribution in [3.05, 3.63) is 182 Å². The molecule has 1 aromatic heterocycles. The van der Waals surface area contributed by atoms with Gasteiger partial charge in [0.15, 0.2) is 0 Å². The average Bonchev–Trinajstić information content (AvgIpc) is 3.52. The Kier molecular flexibility index (Phi) is 7.15. The maximum absolute atomic E-state index is 2.27. The minimum atomic E-state index is 1.23. The number of rotatable bonds is 6. The fourth-order valence-electron chi connectivity index (χ4n) is 6.12. The van der Waals surface area contributed by atoms with Crippen LogP contribution in [0.25, 0.3) is 76.2 Å². The fourth-order valence-corrected chi connectivity index (χ4v) is 7.41. The first-order valence-electron chi connectivity index (χ1n) is 15.3. The summed E-state index contributed by atoms with van der Waals surface area (Å²) in [5.41, 5.74) is 12.4. The summed E-state index contributed by atoms with van der Waals surface area (Å²) >= 11 is 1.88. The van der Waals surface area contributed by atoms with E-state index >= 15 is 0 Å². The van der Waals surface area contributed by atoms with Gasteiger partial charge in [-0.1, -0.05) is 182 Å². The SMILES string of the molecule is c1ccc(-c2ccc(-c3ccc(-c4sc(-c5ccc(-c6ccc(-c7ccccc7)cc6)cc5)c5ccccc45)cc3)cc2)cc1. The van der Waals surface area contributed by atoms with Crippen LogP contribution in [0.3, 0.4) is 0 Å². The summed E-state index contributed by atoms with van der Waals surface area (Å²) < 4.78 is 0. The average molecular weight is 591 g/mol. The van der Waals surface area contributed by atoms with E-state index in [-0.39, 0.29) is 0 Å². The van der Waals surface area contributed by atoms with Gasteiger partial charge in [0, 0.05) is 20.5 Å². The van der Waals surface area contributed by atoms with Crippen LogP contribution in [0.15, 0.2) is 182 Å². The van der Waals surface area contributed by atoms with Gasteiger partial charge >= 0.3 is 0 Å². The van der Waals surface area contributed by atoms with E-state index in [1.165, 1.54) is 76.2 Å². The van der Waals surface area contributed by atoms with Crippen LogP contribution in [-0.2, 0) is 0 Å². The molecule has 212 valence electrons. The Balaban J connectivity index is 1.07. The molecule has 1 heteroatoms. The molecule has 8 aromatic rings. The largest absolute Gasteiger partial charge is 0.134 e. The highest BCUT2D eigenvalue weighted by atomic mass is 32.1. The lowest BCUT2D eigenvalue weighted by Crippen LogP contribution is -1.81. The molecule has 8 rings (SSSR count). The van der Waals surface area contributed by atoms with E-state index in [9.17, 15) is 0 Å². The second kappa shape index (κ2) is 11.9. The molecular formula is C44H30S. The van der Waals surface area contributed by atoms with E-state index in [0.717, 1.165) is 0 Å². The van der Waals surface area contributed by atoms with Crippen LogP contribution in [0.4, 0.5) is 0 Å². The Morgan fingerprint density at radius 2 is 0.422 bits per heavy atom. The first-order valence-corrected chi connectivity index (χ1v) is 16.2. The molecule has 0 saturated carbocycles. The Hall–Kier alpha value is -5.50. The third-order valence-corrected chi connectivity index (χ3v) is 9.88. The summed E-state index contributed by atoms with van der Waals surface area (Å²) in [5.74, 6) is 0. The topological polar surface area (TPSA) is 0 Å². The van der Waals surface area contributed by atoms with Crippen LogP contribution >= 0.6 is 11.3 Å². The zero-order valence-corrected chi connectivity index (χ0v) is 25.5. The van der Waals surface area contributed by atoms with Gasteiger partial charge in [-0.2, -0.15) is 0 Å². The second-order valence-corrected chi connectivity index (χ2v) is 12.4. The molecular weight excluding hydrogens is 561 g/mol. The Morgan fingerprint density at radius 3 is 0.711 bits per heavy atom. The van der Waals surface area contributed by atoms with Gasteiger partial charge in [0.25, 0.3) is 0 Å². The lowest BCUT2D eigenvalue weighted by molar-refractivity contribution is 1.59. The van der Waals surface area contributed by atoms with E-state index in [1.54, 1.807) is 0 Å². The third kappa shape index (κ3) is 5.40. The molecule has 0 fully saturated rings. The van der Waals surface area contributed by atoms with Crippen molar-refractivity contribution in [2.75, 3.05) is 0 Å². The molecule has 0 N–H and O–H groups in total. The fraction of sp³-hybridized carbons (Fsp3) is 0. The van der Waals surface area contributed by atoms with Crippen molar-refractivity contribution in [3.63, 3.8) is 0 Å². The zero-order chi connectivity index (χ0) is 30.0. The van der Waals surface area contributed by atoms with Gasteiger partial charge in [0.2, 0.25) is 0 Å². The van der Waals surface area contributed by atoms with Crippen LogP contribution in [0.2, 0.25) is 0 Å². The van der Waals surface area contributed by atoms with Crippen molar-refractivity contribution in [2.24, 2.45) is 0 Å². The van der Waals surface area contributed by atoms with E-state index in [0.29, 0.717) is 0 Å². The Bertz CT molecular complexity index is 2030. The maximum Gasteiger partial charge on any atom is 0.0428 e. The van der Waals surface area contributed by atoms with Gasteiger partial charge in [0.05, 0.1) is 0 Å². The van der Waals surface area contributed by atoms with Crippen molar-refractivity contribution in [2.45, 2.75) is 0 Å². The summed E-state index contributed by atoms with van der Waals surface area (Å²) in [6.45, 7) is 0. The number of benzene rings is 7. The van der Waals surface area contributed by atoms with Gasteiger partial charge in [-0.15, -0.1) is 11.3 Å². The maximum atomic E-state index is 2.27. The number of fused-ring (bicyclic) bond motifs is 1. The number of hydrogen-bond donors (Lipinski definition) is 0. The second-order valence-electron chi connectivity index (χ2n) is 11.3. The first-order chi connectivity index (χ1) is 22.3. The number of thiophene rings is 1. The van der Waals surface area contributed by atoms with Crippen LogP contribution in [-0.4, -0.2) is 0 Å². The molecule has 0 unspecified atom stereocenters. The number of hydrogen-bond acceptors (Lipinski definition) is 1. The monoisotopic (exact) mass is 590 g/mol. The highest BCUT2D eigenvalue weighted by Crippen LogP contribution is 2.44. The van der Waals surface area contributed by atoms with Gasteiger partial charge in [0.1, 0.15) is 0 Å². The van der Waals surface area contributed by atoms with E-state index in [4.69, 9.17) is 0 Å². The van der Waals surface area contributed by atoms with Gasteiger partial charge in [-0.05, 0) is 55.6 Å². The van der Waals surface area contributed by atoms with Gasteiger partial charge in [-0.25, -0.2) is 0 Å². The van der Waals surface area contributed by atoms with Gasteiger partial charge < -0.3 is 0 Å². The van der Waals surface area contributed by atoms with Crippen LogP contribution in [0, 0.1) is 0 Å². The molecule has 0 radical (unpaired) electrons. The first kappa shape index (κ1) is 27.1. The third-order valence-electron chi connectivity index (χ3n) is 8.57. The molecule has 0 aliphatic rings. The highest BCUT2D eigenvalue weighted by molar-refractivity contribution is 7.21. The minimum Gasteiger partial charge on any atom is -0.134 e. The summed E-state index contributed by atoms with van der Waals surface area (Å²) in [4.78, 5) is 2.62. The standard InChI is InChI=1S/C44H30S/c1-3-9-31(10-4-1)33-15-19-35(20-16-33)37-23-27-39(28-24-37)43-41-13-7-8-14-42(41)44(45-43)40-29-25-38(26-30-40)36-21-17-34(18-22-36)32-11-5-2-6-12-32/h1-30H. The zero-order valence-electron chi connectivity index (χ0n) is 24.7. The Morgan fingerprint density at radius 1 is 0.200 bits per heavy atom. The molecule has 7 aromatic carbocycles. The van der Waals surface area contributed by atoms with Crippen molar-refractivity contribution in [3.8, 4) is 65.4 Å². The van der Waals surface area contributed by atoms with E-state index < -0.39 is 0 Å². The lowest BCUT2D eigenvalue weighted by Gasteiger charge is -2.07. The van der Waals surface area contributed by atoms with Gasteiger partial charge in [-0.3, -0.25) is 0 Å². The summed E-state index contributed by atoms with van der Waals surface area (Å²) in [7, 11) is 0. The van der Waals surface area contributed by atoms with Crippen molar-refractivity contribution >= 4 is 22.1 Å². The van der Waals surface area contributed by atoms with E-state index in [1.807, 2.05) is 11.3 Å². The van der Waals surface area contributed by atoms with Crippen molar-refractivity contribution in [1.29, 1.82) is 0 Å². The van der Waals surface area contributed by atoms with Crippen LogP contribution in [0.5, 0.6) is 0 Å². The molecule has 0 atom stereocenters. The molecule has 45 heavy (non-hydrogen) atoms. The van der Waals surface area contributed by atoms with Crippen molar-refractivity contribution in [1.82, 2.24) is 0 Å². The molecule has 0 bridgehead atoms. The molecule has 0 aliphatic heterocycles. The summed E-state index contributed by atoms with van der Waals surface area (Å²) in [6, 6.07) is 65.7. The summed E-state index contributed by atoms with van der Waals surface area (Å²) in [5, 5.41) is 2.61. The minimum absolute atomic E-state index is 1.23. The predicted molar refractivity (Wildman–Crippen MR) is 194 cm³/mol. The van der Waals surface area contributed by atoms with E-state index in [2.05, 4.69) is 182 Å². The van der Waals surface area contributed by atoms with Crippen molar-refractivity contribution < 1.29 is 0 Å². The highest BCUT2D eigenvalue weighted by Gasteiger charge is 2.14. The quantitative estimate of drug-likeness (QED) is 0.181. The summed E-state index contributed by atoms with van der Waals surface area (Å²) in [6.07, 6.45) is 0. The molecule has 0 spiro atoms. The van der Waals surface area contributed by atoms with Crippen LogP contribution < -0.4 is 0 Å². The normalized spacial score (nSPS) is 11.1. The Labute approximate surface area is 268 Å². The molecule has 0 aliphatic carbocycles. The lowest BCUT2D eigenvalue weighted by atomic mass is 9.98. The molecule has 0 nitrogen and oxygen atoms in total. The van der Waals surface area contributed by atoms with Crippen LogP contribution in [0.1, 0.15) is 0 Å². The molecule has 0 amide bonds. The molecule has 0 saturated heterocycles. The predicted octanol–water partition coefficient (Wildman–Crippen LogP) is 12.9.